The summed E-state index contributed by atoms with van der Waals surface area (Å²) in [6, 6.07) is 8.99. The molecule has 3 rings (SSSR count). The van der Waals surface area contributed by atoms with Gasteiger partial charge in [0.1, 0.15) is 17.6 Å². The van der Waals surface area contributed by atoms with Gasteiger partial charge < -0.3 is 14.8 Å². The van der Waals surface area contributed by atoms with Gasteiger partial charge in [0, 0.05) is 6.54 Å². The summed E-state index contributed by atoms with van der Waals surface area (Å²) in [5.41, 5.74) is 0.973. The molecule has 1 aromatic carbocycles. The molecular weight excluding hydrogens is 311 g/mol. The van der Waals surface area contributed by atoms with Crippen LogP contribution in [0.5, 0.6) is 0 Å². The number of carbonyl (C=O) groups excluding carboxylic acids is 1. The van der Waals surface area contributed by atoms with Crippen LogP contribution in [-0.4, -0.2) is 35.1 Å². The molecule has 2 heterocycles. The van der Waals surface area contributed by atoms with Gasteiger partial charge in [-0.3, -0.25) is 9.69 Å². The summed E-state index contributed by atoms with van der Waals surface area (Å²) < 4.78 is 18.3. The molecule has 6 heteroatoms. The summed E-state index contributed by atoms with van der Waals surface area (Å²) >= 11 is 0. The molecule has 0 radical (unpaired) electrons. The minimum Gasteiger partial charge on any atom is -0.467 e. The van der Waals surface area contributed by atoms with Gasteiger partial charge in [-0.25, -0.2) is 4.39 Å². The Kier molecular flexibility index (Phi) is 5.27. The van der Waals surface area contributed by atoms with Crippen molar-refractivity contribution in [1.29, 1.82) is 0 Å². The number of likely N-dealkylation sites (tertiary alicyclic amines) is 1. The van der Waals surface area contributed by atoms with E-state index >= 15 is 0 Å². The van der Waals surface area contributed by atoms with Crippen LogP contribution in [0.25, 0.3) is 0 Å². The van der Waals surface area contributed by atoms with Crippen molar-refractivity contribution in [2.24, 2.45) is 0 Å². The Labute approximate surface area is 140 Å². The lowest BCUT2D eigenvalue weighted by atomic mass is 10.1. The number of aliphatic hydroxyl groups excluding tert-OH is 1. The molecule has 1 aliphatic rings. The fourth-order valence-corrected chi connectivity index (χ4v) is 3.10. The Bertz CT molecular complexity index is 657. The highest BCUT2D eigenvalue weighted by Gasteiger charge is 2.32. The Morgan fingerprint density at radius 2 is 2.17 bits per heavy atom. The number of benzene rings is 1. The van der Waals surface area contributed by atoms with Crippen LogP contribution in [0.2, 0.25) is 0 Å². The van der Waals surface area contributed by atoms with Crippen molar-refractivity contribution < 1.29 is 18.7 Å². The summed E-state index contributed by atoms with van der Waals surface area (Å²) in [5, 5.41) is 12.3. The molecule has 0 aliphatic carbocycles. The highest BCUT2D eigenvalue weighted by Crippen LogP contribution is 2.22. The number of furan rings is 1. The maximum absolute atomic E-state index is 13.0. The summed E-state index contributed by atoms with van der Waals surface area (Å²) in [5.74, 6) is 0.151. The van der Waals surface area contributed by atoms with Gasteiger partial charge in [0.15, 0.2) is 0 Å². The number of aliphatic hydroxyl groups is 1. The first kappa shape index (κ1) is 16.7. The summed E-state index contributed by atoms with van der Waals surface area (Å²) in [4.78, 5) is 14.7. The number of nitrogens with one attached hydrogen (secondary N) is 1. The van der Waals surface area contributed by atoms with Crippen LogP contribution < -0.4 is 5.32 Å². The topological polar surface area (TPSA) is 65.7 Å². The number of hydrogen-bond donors (Lipinski definition) is 2. The van der Waals surface area contributed by atoms with Crippen molar-refractivity contribution in [3.8, 4) is 0 Å². The van der Waals surface area contributed by atoms with Gasteiger partial charge in [0.2, 0.25) is 5.91 Å². The molecule has 1 amide bonds. The van der Waals surface area contributed by atoms with Crippen LogP contribution in [0.15, 0.2) is 47.1 Å². The van der Waals surface area contributed by atoms with E-state index in [1.54, 1.807) is 24.3 Å². The Morgan fingerprint density at radius 3 is 2.83 bits per heavy atom. The van der Waals surface area contributed by atoms with Gasteiger partial charge in [0.25, 0.3) is 0 Å². The SMILES string of the molecule is O=C(NC(CO)c1ccco1)C1CCCN1Cc1ccc(F)cc1. The van der Waals surface area contributed by atoms with Crippen molar-refractivity contribution >= 4 is 5.91 Å². The molecule has 1 fully saturated rings. The van der Waals surface area contributed by atoms with Crippen molar-refractivity contribution in [2.75, 3.05) is 13.2 Å². The van der Waals surface area contributed by atoms with Gasteiger partial charge in [-0.2, -0.15) is 0 Å². The Balaban J connectivity index is 1.63. The largest absolute Gasteiger partial charge is 0.467 e. The van der Waals surface area contributed by atoms with Crippen molar-refractivity contribution in [3.63, 3.8) is 0 Å². The Hall–Kier alpha value is -2.18. The third-order valence-electron chi connectivity index (χ3n) is 4.35. The number of nitrogens with zero attached hydrogens (tertiary/aromatic N) is 1. The minimum atomic E-state index is -0.541. The summed E-state index contributed by atoms with van der Waals surface area (Å²) in [6.45, 7) is 1.20. The van der Waals surface area contributed by atoms with Crippen LogP contribution in [0.4, 0.5) is 4.39 Å². The van der Waals surface area contributed by atoms with Crippen molar-refractivity contribution in [1.82, 2.24) is 10.2 Å². The molecule has 2 aromatic rings. The first-order valence-corrected chi connectivity index (χ1v) is 8.10. The molecule has 0 spiro atoms. The lowest BCUT2D eigenvalue weighted by molar-refractivity contribution is -0.126. The van der Waals surface area contributed by atoms with E-state index in [0.717, 1.165) is 24.9 Å². The summed E-state index contributed by atoms with van der Waals surface area (Å²) in [6.07, 6.45) is 3.22. The second-order valence-corrected chi connectivity index (χ2v) is 6.01. The zero-order chi connectivity index (χ0) is 16.9. The number of halogens is 1. The zero-order valence-corrected chi connectivity index (χ0v) is 13.3. The standard InChI is InChI=1S/C18H21FN2O3/c19-14-7-5-13(6-8-14)11-21-9-1-3-16(21)18(23)20-15(12-22)17-4-2-10-24-17/h2,4-8,10,15-16,22H,1,3,9,11-12H2,(H,20,23). The second-order valence-electron chi connectivity index (χ2n) is 6.01. The highest BCUT2D eigenvalue weighted by atomic mass is 19.1. The van der Waals surface area contributed by atoms with E-state index < -0.39 is 6.04 Å². The molecule has 128 valence electrons. The van der Waals surface area contributed by atoms with Crippen LogP contribution in [0.1, 0.15) is 30.2 Å². The maximum atomic E-state index is 13.0. The normalized spacial score (nSPS) is 19.3. The van der Waals surface area contributed by atoms with Crippen LogP contribution in [0, 0.1) is 5.82 Å². The minimum absolute atomic E-state index is 0.120. The molecule has 1 saturated heterocycles. The highest BCUT2D eigenvalue weighted by molar-refractivity contribution is 5.82. The molecule has 2 atom stereocenters. The Morgan fingerprint density at radius 1 is 1.38 bits per heavy atom. The molecule has 1 aromatic heterocycles. The van der Waals surface area contributed by atoms with E-state index in [1.807, 2.05) is 0 Å². The van der Waals surface area contributed by atoms with Gasteiger partial charge in [-0.15, -0.1) is 0 Å². The van der Waals surface area contributed by atoms with E-state index in [-0.39, 0.29) is 24.4 Å². The fraction of sp³-hybridized carbons (Fsp3) is 0.389. The van der Waals surface area contributed by atoms with E-state index in [1.165, 1.54) is 18.4 Å². The van der Waals surface area contributed by atoms with E-state index in [0.29, 0.717) is 12.3 Å². The maximum Gasteiger partial charge on any atom is 0.238 e. The predicted molar refractivity (Wildman–Crippen MR) is 86.5 cm³/mol. The molecular formula is C18H21FN2O3. The molecule has 5 nitrogen and oxygen atoms in total. The van der Waals surface area contributed by atoms with E-state index in [9.17, 15) is 14.3 Å². The van der Waals surface area contributed by atoms with Crippen molar-refractivity contribution in [3.05, 3.63) is 59.8 Å². The second kappa shape index (κ2) is 7.59. The zero-order valence-electron chi connectivity index (χ0n) is 13.3. The van der Waals surface area contributed by atoms with Crippen LogP contribution in [-0.2, 0) is 11.3 Å². The number of hydrogen-bond acceptors (Lipinski definition) is 4. The molecule has 2 N–H and O–H groups in total. The first-order valence-electron chi connectivity index (χ1n) is 8.10. The molecule has 2 unspecified atom stereocenters. The molecule has 1 aliphatic heterocycles. The number of carbonyl (C=O) groups is 1. The van der Waals surface area contributed by atoms with Crippen LogP contribution >= 0.6 is 0 Å². The molecule has 24 heavy (non-hydrogen) atoms. The third kappa shape index (κ3) is 3.83. The quantitative estimate of drug-likeness (QED) is 0.851. The monoisotopic (exact) mass is 332 g/mol. The summed E-state index contributed by atoms with van der Waals surface area (Å²) in [7, 11) is 0. The fourth-order valence-electron chi connectivity index (χ4n) is 3.10. The average molecular weight is 332 g/mol. The predicted octanol–water partition coefficient (Wildman–Crippen LogP) is 2.23. The van der Waals surface area contributed by atoms with Gasteiger partial charge >= 0.3 is 0 Å². The first-order chi connectivity index (χ1) is 11.7. The van der Waals surface area contributed by atoms with E-state index in [2.05, 4.69) is 10.2 Å². The molecule has 0 bridgehead atoms. The van der Waals surface area contributed by atoms with Crippen LogP contribution in [0.3, 0.4) is 0 Å². The lowest BCUT2D eigenvalue weighted by Gasteiger charge is -2.25. The van der Waals surface area contributed by atoms with Gasteiger partial charge in [-0.1, -0.05) is 12.1 Å². The smallest absolute Gasteiger partial charge is 0.238 e. The number of rotatable bonds is 6. The molecule has 0 saturated carbocycles. The number of amides is 1. The van der Waals surface area contributed by atoms with Crippen molar-refractivity contribution in [2.45, 2.75) is 31.5 Å². The average Bonchev–Trinajstić information content (AvgIpc) is 3.26. The third-order valence-corrected chi connectivity index (χ3v) is 4.35. The van der Waals surface area contributed by atoms with E-state index in [4.69, 9.17) is 4.42 Å². The lowest BCUT2D eigenvalue weighted by Crippen LogP contribution is -2.44. The van der Waals surface area contributed by atoms with Gasteiger partial charge in [0.05, 0.1) is 18.9 Å². The van der Waals surface area contributed by atoms with Gasteiger partial charge in [-0.05, 0) is 49.2 Å².